The fourth-order valence-electron chi connectivity index (χ4n) is 1.64. The summed E-state index contributed by atoms with van der Waals surface area (Å²) in [5.41, 5.74) is 1.86. The normalized spacial score (nSPS) is 13.6. The maximum atomic E-state index is 12.1. The Hall–Kier alpha value is -1.36. The van der Waals surface area contributed by atoms with Crippen molar-refractivity contribution in [1.82, 2.24) is 5.32 Å². The molecular formula is C16H23BrN2O2. The van der Waals surface area contributed by atoms with Crippen molar-refractivity contribution in [3.8, 4) is 0 Å². The number of alkyl halides is 1. The molecule has 21 heavy (non-hydrogen) atoms. The van der Waals surface area contributed by atoms with Crippen LogP contribution in [-0.4, -0.2) is 17.9 Å². The molecule has 0 aliphatic heterocycles. The third-order valence-corrected chi connectivity index (χ3v) is 4.19. The fourth-order valence-corrected chi connectivity index (χ4v) is 2.01. The Balaban J connectivity index is 2.56. The zero-order valence-corrected chi connectivity index (χ0v) is 14.5. The van der Waals surface area contributed by atoms with Crippen LogP contribution in [0.4, 0.5) is 5.69 Å². The summed E-state index contributed by atoms with van der Waals surface area (Å²) >= 11 is 3.37. The summed E-state index contributed by atoms with van der Waals surface area (Å²) in [5, 5.41) is 6.32. The van der Waals surface area contributed by atoms with Gasteiger partial charge in [0.2, 0.25) is 11.8 Å². The average Bonchev–Trinajstić information content (AvgIpc) is 2.46. The number of anilines is 1. The lowest BCUT2D eigenvalue weighted by atomic mass is 9.97. The number of hydrogen-bond acceptors (Lipinski definition) is 2. The van der Waals surface area contributed by atoms with Gasteiger partial charge in [0.1, 0.15) is 6.04 Å². The molecule has 5 heteroatoms. The molecule has 1 aromatic rings. The summed E-state index contributed by atoms with van der Waals surface area (Å²) in [6, 6.07) is 7.01. The van der Waals surface area contributed by atoms with Crippen molar-refractivity contribution in [2.75, 3.05) is 5.32 Å². The molecule has 0 aliphatic rings. The smallest absolute Gasteiger partial charge is 0.246 e. The van der Waals surface area contributed by atoms with E-state index < -0.39 is 6.04 Å². The van der Waals surface area contributed by atoms with E-state index >= 15 is 0 Å². The van der Waals surface area contributed by atoms with E-state index in [1.165, 1.54) is 0 Å². The Bertz CT molecular complexity index is 486. The number of benzene rings is 1. The second-order valence-electron chi connectivity index (χ2n) is 5.58. The molecule has 4 nitrogen and oxygen atoms in total. The molecular weight excluding hydrogens is 332 g/mol. The predicted molar refractivity (Wildman–Crippen MR) is 89.3 cm³/mol. The minimum Gasteiger partial charge on any atom is -0.344 e. The molecule has 0 radical (unpaired) electrons. The molecule has 0 spiro atoms. The highest BCUT2D eigenvalue weighted by atomic mass is 79.9. The first-order valence-electron chi connectivity index (χ1n) is 7.11. The highest BCUT2D eigenvalue weighted by molar-refractivity contribution is 9.08. The summed E-state index contributed by atoms with van der Waals surface area (Å²) in [7, 11) is 0. The van der Waals surface area contributed by atoms with Gasteiger partial charge in [-0.05, 0) is 30.5 Å². The van der Waals surface area contributed by atoms with Crippen molar-refractivity contribution >= 4 is 33.4 Å². The first-order valence-corrected chi connectivity index (χ1v) is 8.23. The van der Waals surface area contributed by atoms with Crippen molar-refractivity contribution < 1.29 is 9.59 Å². The Kier molecular flexibility index (Phi) is 6.89. The largest absolute Gasteiger partial charge is 0.344 e. The first kappa shape index (κ1) is 17.7. The van der Waals surface area contributed by atoms with E-state index in [-0.39, 0.29) is 23.7 Å². The third-order valence-electron chi connectivity index (χ3n) is 3.54. The molecule has 0 fully saturated rings. The zero-order chi connectivity index (χ0) is 16.0. The van der Waals surface area contributed by atoms with Crippen LogP contribution in [0.2, 0.25) is 0 Å². The molecule has 0 aliphatic carbocycles. The predicted octanol–water partition coefficient (Wildman–Crippen LogP) is 3.32. The van der Waals surface area contributed by atoms with Crippen molar-refractivity contribution in [2.24, 2.45) is 11.8 Å². The highest BCUT2D eigenvalue weighted by Crippen LogP contribution is 2.13. The molecule has 2 amide bonds. The van der Waals surface area contributed by atoms with Gasteiger partial charge in [-0.15, -0.1) is 0 Å². The summed E-state index contributed by atoms with van der Waals surface area (Å²) < 4.78 is 0. The number of rotatable bonds is 6. The van der Waals surface area contributed by atoms with Crippen molar-refractivity contribution in [3.63, 3.8) is 0 Å². The van der Waals surface area contributed by atoms with Gasteiger partial charge in [0.05, 0.1) is 0 Å². The van der Waals surface area contributed by atoms with Gasteiger partial charge in [-0.2, -0.15) is 0 Å². The van der Waals surface area contributed by atoms with Gasteiger partial charge in [-0.25, -0.2) is 0 Å². The lowest BCUT2D eigenvalue weighted by Crippen LogP contribution is -2.44. The van der Waals surface area contributed by atoms with Crippen LogP contribution in [0.15, 0.2) is 24.3 Å². The lowest BCUT2D eigenvalue weighted by Gasteiger charge is -2.19. The molecule has 1 aromatic carbocycles. The number of amides is 2. The van der Waals surface area contributed by atoms with Gasteiger partial charge in [0, 0.05) is 16.9 Å². The highest BCUT2D eigenvalue weighted by Gasteiger charge is 2.21. The van der Waals surface area contributed by atoms with Crippen LogP contribution < -0.4 is 10.6 Å². The van der Waals surface area contributed by atoms with Crippen molar-refractivity contribution in [3.05, 3.63) is 29.8 Å². The maximum Gasteiger partial charge on any atom is 0.246 e. The molecule has 2 N–H and O–H groups in total. The molecule has 0 heterocycles. The van der Waals surface area contributed by atoms with Gasteiger partial charge in [0.25, 0.3) is 0 Å². The second kappa shape index (κ2) is 8.17. The summed E-state index contributed by atoms with van der Waals surface area (Å²) in [5.74, 6) is -0.177. The van der Waals surface area contributed by atoms with Crippen LogP contribution in [0.5, 0.6) is 0 Å². The molecule has 0 unspecified atom stereocenters. The third kappa shape index (κ3) is 5.50. The number of hydrogen-bond donors (Lipinski definition) is 2. The van der Waals surface area contributed by atoms with E-state index in [1.807, 2.05) is 45.0 Å². The van der Waals surface area contributed by atoms with Gasteiger partial charge in [-0.3, -0.25) is 9.59 Å². The minimum absolute atomic E-state index is 0.0951. The fraction of sp³-hybridized carbons (Fsp3) is 0.500. The first-order chi connectivity index (χ1) is 9.85. The summed E-state index contributed by atoms with van der Waals surface area (Å²) in [4.78, 5) is 24.0. The standard InChI is InChI=1S/C16H23BrN2O2/c1-10(2)11(3)15(20)18-12(4)16(21)19-14-7-5-13(9-17)6-8-14/h5-8,10-12H,9H2,1-4H3,(H,18,20)(H,19,21)/t11-,12-/m0/s1. The van der Waals surface area contributed by atoms with E-state index in [1.54, 1.807) is 6.92 Å². The van der Waals surface area contributed by atoms with Crippen molar-refractivity contribution in [2.45, 2.75) is 39.1 Å². The molecule has 0 bridgehead atoms. The van der Waals surface area contributed by atoms with E-state index in [0.717, 1.165) is 16.6 Å². The van der Waals surface area contributed by atoms with Crippen LogP contribution in [0.25, 0.3) is 0 Å². The molecule has 0 aromatic heterocycles. The Morgan fingerprint density at radius 3 is 2.10 bits per heavy atom. The quantitative estimate of drug-likeness (QED) is 0.769. The van der Waals surface area contributed by atoms with E-state index in [0.29, 0.717) is 0 Å². The van der Waals surface area contributed by atoms with Crippen LogP contribution in [0, 0.1) is 11.8 Å². The van der Waals surface area contributed by atoms with Crippen LogP contribution in [0.3, 0.4) is 0 Å². The topological polar surface area (TPSA) is 58.2 Å². The van der Waals surface area contributed by atoms with Crippen molar-refractivity contribution in [1.29, 1.82) is 0 Å². The molecule has 0 saturated carbocycles. The van der Waals surface area contributed by atoms with E-state index in [4.69, 9.17) is 0 Å². The van der Waals surface area contributed by atoms with Gasteiger partial charge < -0.3 is 10.6 Å². The Morgan fingerprint density at radius 1 is 1.05 bits per heavy atom. The van der Waals surface area contributed by atoms with Gasteiger partial charge >= 0.3 is 0 Å². The molecule has 0 saturated heterocycles. The number of carbonyl (C=O) groups excluding carboxylic acids is 2. The van der Waals surface area contributed by atoms with E-state index in [9.17, 15) is 9.59 Å². The van der Waals surface area contributed by atoms with Gasteiger partial charge in [-0.1, -0.05) is 48.8 Å². The van der Waals surface area contributed by atoms with Crippen LogP contribution >= 0.6 is 15.9 Å². The van der Waals surface area contributed by atoms with Crippen LogP contribution in [-0.2, 0) is 14.9 Å². The summed E-state index contributed by atoms with van der Waals surface area (Å²) in [6.07, 6.45) is 0. The van der Waals surface area contributed by atoms with E-state index in [2.05, 4.69) is 26.6 Å². The Morgan fingerprint density at radius 2 is 1.62 bits per heavy atom. The summed E-state index contributed by atoms with van der Waals surface area (Å²) in [6.45, 7) is 7.53. The number of carbonyl (C=O) groups is 2. The molecule has 1 rings (SSSR count). The number of nitrogens with one attached hydrogen (secondary N) is 2. The maximum absolute atomic E-state index is 12.1. The zero-order valence-electron chi connectivity index (χ0n) is 12.9. The monoisotopic (exact) mass is 354 g/mol. The van der Waals surface area contributed by atoms with Crippen LogP contribution in [0.1, 0.15) is 33.3 Å². The lowest BCUT2D eigenvalue weighted by molar-refractivity contribution is -0.129. The average molecular weight is 355 g/mol. The molecule has 116 valence electrons. The minimum atomic E-state index is -0.561. The second-order valence-corrected chi connectivity index (χ2v) is 6.14. The number of halogens is 1. The molecule has 2 atom stereocenters. The van der Waals surface area contributed by atoms with Gasteiger partial charge in [0.15, 0.2) is 0 Å². The SMILES string of the molecule is CC(C)[C@H](C)C(=O)N[C@@H](C)C(=O)Nc1ccc(CBr)cc1. The Labute approximate surface area is 134 Å².